The maximum Gasteiger partial charge on any atom is 0.123 e. The van der Waals surface area contributed by atoms with Gasteiger partial charge >= 0.3 is 0 Å². The molecule has 2 N–H and O–H groups in total. The molecule has 0 spiro atoms. The maximum absolute atomic E-state index is 5.71. The fourth-order valence-corrected chi connectivity index (χ4v) is 2.34. The van der Waals surface area contributed by atoms with E-state index < -0.39 is 0 Å². The van der Waals surface area contributed by atoms with E-state index in [1.807, 2.05) is 12.4 Å². The van der Waals surface area contributed by atoms with E-state index in [4.69, 9.17) is 10.5 Å². The Morgan fingerprint density at radius 3 is 2.43 bits per heavy atom. The summed E-state index contributed by atoms with van der Waals surface area (Å²) in [5.41, 5.74) is 9.26. The van der Waals surface area contributed by atoms with Crippen LogP contribution >= 0.6 is 0 Å². The first kappa shape index (κ1) is 15.5. The third-order valence-electron chi connectivity index (χ3n) is 3.58. The van der Waals surface area contributed by atoms with Crippen molar-refractivity contribution in [3.05, 3.63) is 59.4 Å². The van der Waals surface area contributed by atoms with E-state index in [0.29, 0.717) is 6.54 Å². The van der Waals surface area contributed by atoms with Crippen LogP contribution in [0.3, 0.4) is 0 Å². The predicted octanol–water partition coefficient (Wildman–Crippen LogP) is 2.57. The lowest BCUT2D eigenvalue weighted by molar-refractivity contribution is 0.271. The molecule has 0 aliphatic rings. The minimum atomic E-state index is 0.498. The number of ether oxygens (including phenoxy) is 1. The minimum absolute atomic E-state index is 0.498. The lowest BCUT2D eigenvalue weighted by Crippen LogP contribution is -2.22. The van der Waals surface area contributed by atoms with Crippen molar-refractivity contribution in [2.45, 2.75) is 26.6 Å². The molecule has 0 aliphatic heterocycles. The van der Waals surface area contributed by atoms with E-state index in [1.54, 1.807) is 7.11 Å². The molecular formula is C17H23N3O. The van der Waals surface area contributed by atoms with Crippen LogP contribution in [0.4, 0.5) is 0 Å². The highest BCUT2D eigenvalue weighted by molar-refractivity contribution is 5.37. The number of hydrogen-bond acceptors (Lipinski definition) is 4. The first-order valence-electron chi connectivity index (χ1n) is 7.24. The van der Waals surface area contributed by atoms with Gasteiger partial charge in [0.15, 0.2) is 0 Å². The Kier molecular flexibility index (Phi) is 5.72. The van der Waals surface area contributed by atoms with Gasteiger partial charge in [0.2, 0.25) is 0 Å². The van der Waals surface area contributed by atoms with Crippen LogP contribution in [0.2, 0.25) is 0 Å². The van der Waals surface area contributed by atoms with Gasteiger partial charge in [0, 0.05) is 37.6 Å². The molecule has 2 aromatic rings. The molecule has 0 amide bonds. The molecule has 1 aromatic heterocycles. The second-order valence-electron chi connectivity index (χ2n) is 5.01. The SMILES string of the molecule is CCN(Cc1ccncc1)Cc1ccc(CN)c(OC)c1. The number of pyridine rings is 1. The number of nitrogens with two attached hydrogens (primary N) is 1. The quantitative estimate of drug-likeness (QED) is 0.849. The monoisotopic (exact) mass is 285 g/mol. The number of benzene rings is 1. The average Bonchev–Trinajstić information content (AvgIpc) is 2.55. The zero-order valence-corrected chi connectivity index (χ0v) is 12.7. The van der Waals surface area contributed by atoms with Crippen LogP contribution in [0.5, 0.6) is 5.75 Å². The number of hydrogen-bond donors (Lipinski definition) is 1. The van der Waals surface area contributed by atoms with Crippen molar-refractivity contribution >= 4 is 0 Å². The summed E-state index contributed by atoms with van der Waals surface area (Å²) in [4.78, 5) is 6.44. The second-order valence-corrected chi connectivity index (χ2v) is 5.01. The fourth-order valence-electron chi connectivity index (χ4n) is 2.34. The molecule has 21 heavy (non-hydrogen) atoms. The zero-order valence-electron chi connectivity index (χ0n) is 12.7. The summed E-state index contributed by atoms with van der Waals surface area (Å²) in [6, 6.07) is 10.4. The zero-order chi connectivity index (χ0) is 15.1. The van der Waals surface area contributed by atoms with Crippen LogP contribution in [0.15, 0.2) is 42.7 Å². The Hall–Kier alpha value is -1.91. The Morgan fingerprint density at radius 1 is 1.10 bits per heavy atom. The lowest BCUT2D eigenvalue weighted by Gasteiger charge is -2.21. The molecule has 0 atom stereocenters. The highest BCUT2D eigenvalue weighted by Crippen LogP contribution is 2.21. The van der Waals surface area contributed by atoms with Crippen molar-refractivity contribution in [3.8, 4) is 5.75 Å². The van der Waals surface area contributed by atoms with Gasteiger partial charge in [0.1, 0.15) is 5.75 Å². The lowest BCUT2D eigenvalue weighted by atomic mass is 10.1. The van der Waals surface area contributed by atoms with Crippen molar-refractivity contribution < 1.29 is 4.74 Å². The van der Waals surface area contributed by atoms with Crippen LogP contribution in [-0.2, 0) is 19.6 Å². The topological polar surface area (TPSA) is 51.4 Å². The molecule has 4 heteroatoms. The van der Waals surface area contributed by atoms with Gasteiger partial charge in [-0.3, -0.25) is 9.88 Å². The fraction of sp³-hybridized carbons (Fsp3) is 0.353. The highest BCUT2D eigenvalue weighted by atomic mass is 16.5. The van der Waals surface area contributed by atoms with E-state index in [1.165, 1.54) is 11.1 Å². The van der Waals surface area contributed by atoms with Gasteiger partial charge in [0.05, 0.1) is 7.11 Å². The molecule has 0 radical (unpaired) electrons. The van der Waals surface area contributed by atoms with Gasteiger partial charge in [-0.05, 0) is 35.9 Å². The smallest absolute Gasteiger partial charge is 0.123 e. The molecule has 4 nitrogen and oxygen atoms in total. The van der Waals surface area contributed by atoms with Crippen LogP contribution in [0.25, 0.3) is 0 Å². The molecule has 0 fully saturated rings. The van der Waals surface area contributed by atoms with Gasteiger partial charge in [-0.2, -0.15) is 0 Å². The first-order valence-corrected chi connectivity index (χ1v) is 7.24. The van der Waals surface area contributed by atoms with Crippen molar-refractivity contribution in [3.63, 3.8) is 0 Å². The Bertz CT molecular complexity index is 557. The predicted molar refractivity (Wildman–Crippen MR) is 84.9 cm³/mol. The van der Waals surface area contributed by atoms with Gasteiger partial charge in [-0.15, -0.1) is 0 Å². The summed E-state index contributed by atoms with van der Waals surface area (Å²) < 4.78 is 5.40. The summed E-state index contributed by atoms with van der Waals surface area (Å²) in [6.45, 7) is 5.47. The van der Waals surface area contributed by atoms with E-state index in [9.17, 15) is 0 Å². The molecule has 112 valence electrons. The van der Waals surface area contributed by atoms with Crippen molar-refractivity contribution in [1.29, 1.82) is 0 Å². The standard InChI is InChI=1S/C17H23N3O/c1-3-20(12-14-6-8-19-9-7-14)13-15-4-5-16(11-18)17(10-15)21-2/h4-10H,3,11-13,18H2,1-2H3. The Balaban J connectivity index is 2.08. The van der Waals surface area contributed by atoms with E-state index >= 15 is 0 Å². The minimum Gasteiger partial charge on any atom is -0.496 e. The van der Waals surface area contributed by atoms with Crippen molar-refractivity contribution in [1.82, 2.24) is 9.88 Å². The molecular weight excluding hydrogens is 262 g/mol. The van der Waals surface area contributed by atoms with Crippen LogP contribution in [-0.4, -0.2) is 23.5 Å². The largest absolute Gasteiger partial charge is 0.496 e. The van der Waals surface area contributed by atoms with Gasteiger partial charge in [0.25, 0.3) is 0 Å². The molecule has 0 saturated carbocycles. The second kappa shape index (κ2) is 7.76. The van der Waals surface area contributed by atoms with Gasteiger partial charge in [-0.25, -0.2) is 0 Å². The maximum atomic E-state index is 5.71. The number of nitrogens with zero attached hydrogens (tertiary/aromatic N) is 2. The summed E-state index contributed by atoms with van der Waals surface area (Å²) in [7, 11) is 1.69. The number of rotatable bonds is 7. The molecule has 0 bridgehead atoms. The third-order valence-corrected chi connectivity index (χ3v) is 3.58. The van der Waals surface area contributed by atoms with E-state index in [0.717, 1.165) is 30.9 Å². The Morgan fingerprint density at radius 2 is 1.81 bits per heavy atom. The molecule has 1 aromatic carbocycles. The first-order chi connectivity index (χ1) is 10.3. The Labute approximate surface area is 126 Å². The van der Waals surface area contributed by atoms with Crippen LogP contribution in [0.1, 0.15) is 23.6 Å². The normalized spacial score (nSPS) is 10.9. The average molecular weight is 285 g/mol. The molecule has 0 unspecified atom stereocenters. The van der Waals surface area contributed by atoms with Crippen LogP contribution < -0.4 is 10.5 Å². The summed E-state index contributed by atoms with van der Waals surface area (Å²) in [5.74, 6) is 0.870. The molecule has 0 saturated heterocycles. The van der Waals surface area contributed by atoms with Gasteiger partial charge < -0.3 is 10.5 Å². The molecule has 1 heterocycles. The molecule has 2 rings (SSSR count). The van der Waals surface area contributed by atoms with Crippen LogP contribution in [0, 0.1) is 0 Å². The third kappa shape index (κ3) is 4.28. The van der Waals surface area contributed by atoms with E-state index in [2.05, 4.69) is 47.1 Å². The van der Waals surface area contributed by atoms with Gasteiger partial charge in [-0.1, -0.05) is 19.1 Å². The highest BCUT2D eigenvalue weighted by Gasteiger charge is 2.08. The van der Waals surface area contributed by atoms with E-state index in [-0.39, 0.29) is 0 Å². The number of aromatic nitrogens is 1. The van der Waals surface area contributed by atoms with Crippen molar-refractivity contribution in [2.24, 2.45) is 5.73 Å². The number of methoxy groups -OCH3 is 1. The summed E-state index contributed by atoms with van der Waals surface area (Å²) >= 11 is 0. The molecule has 0 aliphatic carbocycles. The summed E-state index contributed by atoms with van der Waals surface area (Å²) in [5, 5.41) is 0. The summed E-state index contributed by atoms with van der Waals surface area (Å²) in [6.07, 6.45) is 3.67. The van der Waals surface area contributed by atoms with Crippen molar-refractivity contribution in [2.75, 3.05) is 13.7 Å².